The molecule has 4 nitrogen and oxygen atoms in total. The summed E-state index contributed by atoms with van der Waals surface area (Å²) in [7, 11) is 0. The van der Waals surface area contributed by atoms with Gasteiger partial charge in [-0.25, -0.2) is 19.3 Å². The van der Waals surface area contributed by atoms with Gasteiger partial charge in [0.15, 0.2) is 17.5 Å². The van der Waals surface area contributed by atoms with Crippen LogP contribution in [-0.4, -0.2) is 19.5 Å². The molecule has 0 saturated heterocycles. The summed E-state index contributed by atoms with van der Waals surface area (Å²) in [6, 6.07) is 41.0. The van der Waals surface area contributed by atoms with E-state index in [-0.39, 0.29) is 5.82 Å². The van der Waals surface area contributed by atoms with Crippen molar-refractivity contribution in [2.45, 2.75) is 0 Å². The first-order chi connectivity index (χ1) is 18.8. The van der Waals surface area contributed by atoms with Gasteiger partial charge in [0.05, 0.1) is 16.6 Å². The third-order valence-electron chi connectivity index (χ3n) is 6.73. The Morgan fingerprint density at radius 1 is 0.474 bits per heavy atom. The van der Waals surface area contributed by atoms with E-state index >= 15 is 4.39 Å². The molecule has 0 amide bonds. The van der Waals surface area contributed by atoms with Crippen LogP contribution in [-0.2, 0) is 0 Å². The standard InChI is InChI=1S/C33H21FN4/c34-28-20-19-24(38-29-17-9-7-15-25(29)26-16-8-10-18-30(26)38)21-27(28)33-36-31(22-11-3-1-4-12-22)35-32(37-33)23-13-5-2-6-14-23/h1-21H. The molecule has 0 saturated carbocycles. The number of halogens is 1. The number of benzene rings is 5. The molecule has 0 bridgehead atoms. The predicted octanol–water partition coefficient (Wildman–Crippen LogP) is 8.11. The topological polar surface area (TPSA) is 43.6 Å². The van der Waals surface area contributed by atoms with E-state index in [2.05, 4.69) is 28.8 Å². The monoisotopic (exact) mass is 492 g/mol. The molecule has 0 fully saturated rings. The zero-order valence-electron chi connectivity index (χ0n) is 20.3. The summed E-state index contributed by atoms with van der Waals surface area (Å²) in [5, 5.41) is 2.29. The Hall–Kier alpha value is -5.16. The molecule has 0 aliphatic heterocycles. The molecule has 2 heterocycles. The van der Waals surface area contributed by atoms with Gasteiger partial charge in [0.2, 0.25) is 0 Å². The Bertz CT molecular complexity index is 1820. The maximum absolute atomic E-state index is 15.5. The van der Waals surface area contributed by atoms with Gasteiger partial charge < -0.3 is 4.57 Å². The molecule has 38 heavy (non-hydrogen) atoms. The number of para-hydroxylation sites is 2. The molecule has 5 aromatic carbocycles. The van der Waals surface area contributed by atoms with Gasteiger partial charge >= 0.3 is 0 Å². The Kier molecular flexibility index (Phi) is 5.26. The number of rotatable bonds is 4. The van der Waals surface area contributed by atoms with Crippen LogP contribution in [0.3, 0.4) is 0 Å². The highest BCUT2D eigenvalue weighted by atomic mass is 19.1. The Morgan fingerprint density at radius 3 is 1.50 bits per heavy atom. The molecule has 0 spiro atoms. The quantitative estimate of drug-likeness (QED) is 0.249. The lowest BCUT2D eigenvalue weighted by atomic mass is 10.1. The maximum atomic E-state index is 15.5. The van der Waals surface area contributed by atoms with Crippen molar-refractivity contribution in [3.8, 4) is 39.9 Å². The first-order valence-corrected chi connectivity index (χ1v) is 12.4. The van der Waals surface area contributed by atoms with Crippen LogP contribution in [0.15, 0.2) is 127 Å². The molecule has 0 radical (unpaired) electrons. The smallest absolute Gasteiger partial charge is 0.167 e. The van der Waals surface area contributed by atoms with Crippen LogP contribution in [0.1, 0.15) is 0 Å². The van der Waals surface area contributed by atoms with Crippen LogP contribution in [0.5, 0.6) is 0 Å². The van der Waals surface area contributed by atoms with E-state index < -0.39 is 5.82 Å². The van der Waals surface area contributed by atoms with E-state index in [1.165, 1.54) is 6.07 Å². The second-order valence-electron chi connectivity index (χ2n) is 9.07. The van der Waals surface area contributed by atoms with Crippen LogP contribution < -0.4 is 0 Å². The zero-order valence-corrected chi connectivity index (χ0v) is 20.3. The van der Waals surface area contributed by atoms with Crippen molar-refractivity contribution < 1.29 is 4.39 Å². The number of hydrogen-bond acceptors (Lipinski definition) is 3. The van der Waals surface area contributed by atoms with Gasteiger partial charge in [0, 0.05) is 27.6 Å². The molecule has 0 aliphatic carbocycles. The van der Waals surface area contributed by atoms with Crippen molar-refractivity contribution >= 4 is 21.8 Å². The molecule has 7 aromatic rings. The summed E-state index contributed by atoms with van der Waals surface area (Å²) >= 11 is 0. The number of fused-ring (bicyclic) bond motifs is 3. The fourth-order valence-electron chi connectivity index (χ4n) is 4.95. The van der Waals surface area contributed by atoms with Gasteiger partial charge in [0.25, 0.3) is 0 Å². The summed E-state index contributed by atoms with van der Waals surface area (Å²) in [6.45, 7) is 0. The van der Waals surface area contributed by atoms with E-state index in [1.54, 1.807) is 6.07 Å². The van der Waals surface area contributed by atoms with E-state index in [9.17, 15) is 0 Å². The van der Waals surface area contributed by atoms with Crippen molar-refractivity contribution in [3.05, 3.63) is 133 Å². The first-order valence-electron chi connectivity index (χ1n) is 12.4. The van der Waals surface area contributed by atoms with Gasteiger partial charge in [-0.15, -0.1) is 0 Å². The lowest BCUT2D eigenvalue weighted by Gasteiger charge is -2.12. The molecule has 0 aliphatic rings. The number of hydrogen-bond donors (Lipinski definition) is 0. The summed E-state index contributed by atoms with van der Waals surface area (Å²) < 4.78 is 17.6. The summed E-state index contributed by atoms with van der Waals surface area (Å²) in [5.74, 6) is 0.892. The predicted molar refractivity (Wildman–Crippen MR) is 150 cm³/mol. The summed E-state index contributed by atoms with van der Waals surface area (Å²) in [6.07, 6.45) is 0. The summed E-state index contributed by atoms with van der Waals surface area (Å²) in [4.78, 5) is 14.2. The van der Waals surface area contributed by atoms with Gasteiger partial charge in [-0.3, -0.25) is 0 Å². The molecule has 0 N–H and O–H groups in total. The lowest BCUT2D eigenvalue weighted by Crippen LogP contribution is -2.02. The van der Waals surface area contributed by atoms with Crippen molar-refractivity contribution in [1.29, 1.82) is 0 Å². The molecule has 0 atom stereocenters. The van der Waals surface area contributed by atoms with Crippen molar-refractivity contribution in [2.24, 2.45) is 0 Å². The second-order valence-corrected chi connectivity index (χ2v) is 9.07. The Labute approximate surface area is 218 Å². The highest BCUT2D eigenvalue weighted by Crippen LogP contribution is 2.34. The van der Waals surface area contributed by atoms with Crippen LogP contribution in [0.25, 0.3) is 61.7 Å². The molecular weight excluding hydrogens is 471 g/mol. The molecule has 180 valence electrons. The van der Waals surface area contributed by atoms with Crippen LogP contribution in [0.4, 0.5) is 4.39 Å². The SMILES string of the molecule is Fc1ccc(-n2c3ccccc3c3ccccc32)cc1-c1nc(-c2ccccc2)nc(-c2ccccc2)n1. The van der Waals surface area contributed by atoms with E-state index in [4.69, 9.17) is 15.0 Å². The van der Waals surface area contributed by atoms with E-state index in [1.807, 2.05) is 91.0 Å². The van der Waals surface area contributed by atoms with Gasteiger partial charge in [-0.2, -0.15) is 0 Å². The average Bonchev–Trinajstić information content (AvgIpc) is 3.33. The Balaban J connectivity index is 1.47. The van der Waals surface area contributed by atoms with Gasteiger partial charge in [-0.1, -0.05) is 97.1 Å². The van der Waals surface area contributed by atoms with Crippen molar-refractivity contribution in [1.82, 2.24) is 19.5 Å². The minimum absolute atomic E-state index is 0.290. The van der Waals surface area contributed by atoms with Crippen LogP contribution >= 0.6 is 0 Å². The fourth-order valence-corrected chi connectivity index (χ4v) is 4.95. The molecular formula is C33H21FN4. The van der Waals surface area contributed by atoms with Gasteiger partial charge in [-0.05, 0) is 30.3 Å². The Morgan fingerprint density at radius 2 is 0.947 bits per heavy atom. The highest BCUT2D eigenvalue weighted by Gasteiger charge is 2.18. The van der Waals surface area contributed by atoms with Crippen LogP contribution in [0.2, 0.25) is 0 Å². The average molecular weight is 493 g/mol. The summed E-state index contributed by atoms with van der Waals surface area (Å²) in [5.41, 5.74) is 4.94. The van der Waals surface area contributed by atoms with Crippen molar-refractivity contribution in [2.75, 3.05) is 0 Å². The third kappa shape index (κ3) is 3.73. The molecule has 5 heteroatoms. The van der Waals surface area contributed by atoms with Gasteiger partial charge in [0.1, 0.15) is 5.82 Å². The molecule has 2 aromatic heterocycles. The molecule has 0 unspecified atom stereocenters. The minimum atomic E-state index is -0.390. The first kappa shape index (κ1) is 22.1. The highest BCUT2D eigenvalue weighted by molar-refractivity contribution is 6.09. The lowest BCUT2D eigenvalue weighted by molar-refractivity contribution is 0.629. The van der Waals surface area contributed by atoms with Crippen molar-refractivity contribution in [3.63, 3.8) is 0 Å². The third-order valence-corrected chi connectivity index (χ3v) is 6.73. The molecule has 7 rings (SSSR count). The maximum Gasteiger partial charge on any atom is 0.167 e. The minimum Gasteiger partial charge on any atom is -0.309 e. The van der Waals surface area contributed by atoms with E-state index in [0.717, 1.165) is 38.6 Å². The zero-order chi connectivity index (χ0) is 25.5. The number of nitrogens with zero attached hydrogens (tertiary/aromatic N) is 4. The normalized spacial score (nSPS) is 11.3. The fraction of sp³-hybridized carbons (Fsp3) is 0. The van der Waals surface area contributed by atoms with Crippen LogP contribution in [0, 0.1) is 5.82 Å². The van der Waals surface area contributed by atoms with E-state index in [0.29, 0.717) is 17.2 Å². The number of aromatic nitrogens is 4. The largest absolute Gasteiger partial charge is 0.309 e. The second kappa shape index (κ2) is 9.05.